The van der Waals surface area contributed by atoms with Crippen molar-refractivity contribution in [3.8, 4) is 11.5 Å². The minimum atomic E-state index is 0.462. The van der Waals surface area contributed by atoms with Gasteiger partial charge in [0, 0.05) is 10.2 Å². The maximum Gasteiger partial charge on any atom is 0.161 e. The Labute approximate surface area is 127 Å². The normalized spacial score (nSPS) is 10.3. The number of nitrogens with two attached hydrogens (primary N) is 1. The van der Waals surface area contributed by atoms with Gasteiger partial charge in [-0.3, -0.25) is 0 Å². The van der Waals surface area contributed by atoms with E-state index in [4.69, 9.17) is 15.2 Å². The minimum absolute atomic E-state index is 0.462. The quantitative estimate of drug-likeness (QED) is 0.795. The highest BCUT2D eigenvalue weighted by atomic mass is 79.9. The minimum Gasteiger partial charge on any atom is -0.490 e. The molecule has 2 aromatic rings. The van der Waals surface area contributed by atoms with Gasteiger partial charge in [0.15, 0.2) is 11.5 Å². The molecule has 0 bridgehead atoms. The molecule has 3 nitrogen and oxygen atoms in total. The Kier molecular flexibility index (Phi) is 5.30. The molecule has 0 amide bonds. The molecule has 106 valence electrons. The van der Waals surface area contributed by atoms with Crippen LogP contribution in [0.4, 0.5) is 5.69 Å². The third-order valence-corrected chi connectivity index (χ3v) is 3.49. The topological polar surface area (TPSA) is 44.5 Å². The summed E-state index contributed by atoms with van der Waals surface area (Å²) < 4.78 is 12.4. The van der Waals surface area contributed by atoms with E-state index < -0.39 is 0 Å². The lowest BCUT2D eigenvalue weighted by Crippen LogP contribution is -2.01. The maximum atomic E-state index is 5.86. The third-order valence-electron chi connectivity index (χ3n) is 2.77. The van der Waals surface area contributed by atoms with Crippen LogP contribution in [0.25, 0.3) is 0 Å². The standard InChI is InChI=1S/C16H18BrNO2/c1-2-9-19-15-5-3-4-6-16(15)20-11-12-7-8-13(17)14(18)10-12/h3-8,10H,2,9,11,18H2,1H3. The molecule has 0 radical (unpaired) electrons. The molecular weight excluding hydrogens is 318 g/mol. The molecule has 0 aliphatic heterocycles. The monoisotopic (exact) mass is 335 g/mol. The van der Waals surface area contributed by atoms with Crippen molar-refractivity contribution in [2.45, 2.75) is 20.0 Å². The number of hydrogen-bond acceptors (Lipinski definition) is 3. The molecular formula is C16H18BrNO2. The van der Waals surface area contributed by atoms with Crippen LogP contribution in [-0.2, 0) is 6.61 Å². The number of nitrogen functional groups attached to an aromatic ring is 1. The highest BCUT2D eigenvalue weighted by Gasteiger charge is 2.05. The first-order valence-corrected chi connectivity index (χ1v) is 7.38. The third kappa shape index (κ3) is 3.90. The molecule has 0 saturated heterocycles. The fraction of sp³-hybridized carbons (Fsp3) is 0.250. The number of benzene rings is 2. The lowest BCUT2D eigenvalue weighted by Gasteiger charge is -2.12. The average Bonchev–Trinajstić information content (AvgIpc) is 2.47. The van der Waals surface area contributed by atoms with Gasteiger partial charge in [-0.25, -0.2) is 0 Å². The Morgan fingerprint density at radius 2 is 1.75 bits per heavy atom. The molecule has 0 aliphatic carbocycles. The Morgan fingerprint density at radius 1 is 1.05 bits per heavy atom. The van der Waals surface area contributed by atoms with Crippen LogP contribution in [0.2, 0.25) is 0 Å². The molecule has 0 spiro atoms. The zero-order valence-electron chi connectivity index (χ0n) is 11.4. The van der Waals surface area contributed by atoms with Gasteiger partial charge in [0.1, 0.15) is 6.61 Å². The van der Waals surface area contributed by atoms with Crippen LogP contribution >= 0.6 is 15.9 Å². The van der Waals surface area contributed by atoms with Gasteiger partial charge in [-0.15, -0.1) is 0 Å². The van der Waals surface area contributed by atoms with Crippen LogP contribution in [-0.4, -0.2) is 6.61 Å². The second kappa shape index (κ2) is 7.20. The van der Waals surface area contributed by atoms with Crippen LogP contribution in [0.5, 0.6) is 11.5 Å². The number of anilines is 1. The summed E-state index contributed by atoms with van der Waals surface area (Å²) in [5, 5.41) is 0. The number of hydrogen-bond donors (Lipinski definition) is 1. The van der Waals surface area contributed by atoms with Gasteiger partial charge in [-0.05, 0) is 52.2 Å². The van der Waals surface area contributed by atoms with Gasteiger partial charge < -0.3 is 15.2 Å². The zero-order valence-corrected chi connectivity index (χ0v) is 13.0. The number of halogens is 1. The Bertz CT molecular complexity index is 572. The molecule has 2 rings (SSSR count). The van der Waals surface area contributed by atoms with Gasteiger partial charge in [-0.1, -0.05) is 25.1 Å². The molecule has 2 aromatic carbocycles. The number of para-hydroxylation sites is 2. The molecule has 2 N–H and O–H groups in total. The number of rotatable bonds is 6. The molecule has 0 unspecified atom stereocenters. The SMILES string of the molecule is CCCOc1ccccc1OCc1ccc(Br)c(N)c1. The maximum absolute atomic E-state index is 5.86. The van der Waals surface area contributed by atoms with Crippen molar-refractivity contribution in [2.75, 3.05) is 12.3 Å². The summed E-state index contributed by atoms with van der Waals surface area (Å²) in [6.07, 6.45) is 0.970. The van der Waals surface area contributed by atoms with E-state index >= 15 is 0 Å². The van der Waals surface area contributed by atoms with Gasteiger partial charge in [0.05, 0.1) is 6.61 Å². The van der Waals surface area contributed by atoms with Crippen LogP contribution in [0, 0.1) is 0 Å². The predicted octanol–water partition coefficient (Wildman–Crippen LogP) is 4.40. The molecule has 0 atom stereocenters. The molecule has 0 heterocycles. The predicted molar refractivity (Wildman–Crippen MR) is 85.1 cm³/mol. The van der Waals surface area contributed by atoms with Crippen LogP contribution in [0.1, 0.15) is 18.9 Å². The Morgan fingerprint density at radius 3 is 2.40 bits per heavy atom. The average molecular weight is 336 g/mol. The summed E-state index contributed by atoms with van der Waals surface area (Å²) in [6, 6.07) is 13.5. The summed E-state index contributed by atoms with van der Waals surface area (Å²) in [7, 11) is 0. The molecule has 0 fully saturated rings. The summed E-state index contributed by atoms with van der Waals surface area (Å²) >= 11 is 3.38. The van der Waals surface area contributed by atoms with E-state index in [1.807, 2.05) is 42.5 Å². The Hall–Kier alpha value is -1.68. The first-order valence-electron chi connectivity index (χ1n) is 6.59. The highest BCUT2D eigenvalue weighted by Crippen LogP contribution is 2.28. The first-order chi connectivity index (χ1) is 9.70. The molecule has 20 heavy (non-hydrogen) atoms. The van der Waals surface area contributed by atoms with Gasteiger partial charge in [-0.2, -0.15) is 0 Å². The summed E-state index contributed by atoms with van der Waals surface area (Å²) in [5.74, 6) is 1.53. The zero-order chi connectivity index (χ0) is 14.4. The van der Waals surface area contributed by atoms with E-state index in [-0.39, 0.29) is 0 Å². The summed E-state index contributed by atoms with van der Waals surface area (Å²) in [5.41, 5.74) is 7.59. The van der Waals surface area contributed by atoms with Crippen LogP contribution in [0.15, 0.2) is 46.9 Å². The van der Waals surface area contributed by atoms with E-state index in [2.05, 4.69) is 22.9 Å². The van der Waals surface area contributed by atoms with Crippen molar-refractivity contribution < 1.29 is 9.47 Å². The fourth-order valence-electron chi connectivity index (χ4n) is 1.74. The second-order valence-corrected chi connectivity index (χ2v) is 5.29. The van der Waals surface area contributed by atoms with E-state index in [0.717, 1.165) is 28.0 Å². The highest BCUT2D eigenvalue weighted by molar-refractivity contribution is 9.10. The van der Waals surface area contributed by atoms with E-state index in [1.54, 1.807) is 0 Å². The smallest absolute Gasteiger partial charge is 0.161 e. The van der Waals surface area contributed by atoms with Crippen molar-refractivity contribution in [3.63, 3.8) is 0 Å². The fourth-order valence-corrected chi connectivity index (χ4v) is 1.99. The van der Waals surface area contributed by atoms with Gasteiger partial charge in [0.25, 0.3) is 0 Å². The van der Waals surface area contributed by atoms with Gasteiger partial charge in [0.2, 0.25) is 0 Å². The van der Waals surface area contributed by atoms with Crippen LogP contribution in [0.3, 0.4) is 0 Å². The Balaban J connectivity index is 2.04. The first kappa shape index (κ1) is 14.7. The van der Waals surface area contributed by atoms with Gasteiger partial charge >= 0.3 is 0 Å². The van der Waals surface area contributed by atoms with Crippen molar-refractivity contribution in [2.24, 2.45) is 0 Å². The largest absolute Gasteiger partial charge is 0.490 e. The van der Waals surface area contributed by atoms with Crippen molar-refractivity contribution in [1.82, 2.24) is 0 Å². The van der Waals surface area contributed by atoms with E-state index in [1.165, 1.54) is 0 Å². The summed E-state index contributed by atoms with van der Waals surface area (Å²) in [4.78, 5) is 0. The van der Waals surface area contributed by atoms with Crippen molar-refractivity contribution in [3.05, 3.63) is 52.5 Å². The molecule has 0 aliphatic rings. The lowest BCUT2D eigenvalue weighted by atomic mass is 10.2. The second-order valence-electron chi connectivity index (χ2n) is 4.44. The number of ether oxygens (including phenoxy) is 2. The molecule has 0 aromatic heterocycles. The van der Waals surface area contributed by atoms with E-state index in [0.29, 0.717) is 18.9 Å². The lowest BCUT2D eigenvalue weighted by molar-refractivity contribution is 0.262. The molecule has 4 heteroatoms. The van der Waals surface area contributed by atoms with Crippen molar-refractivity contribution in [1.29, 1.82) is 0 Å². The van der Waals surface area contributed by atoms with Crippen molar-refractivity contribution >= 4 is 21.6 Å². The summed E-state index contributed by atoms with van der Waals surface area (Å²) in [6.45, 7) is 3.23. The molecule has 0 saturated carbocycles. The van der Waals surface area contributed by atoms with E-state index in [9.17, 15) is 0 Å². The van der Waals surface area contributed by atoms with Crippen LogP contribution < -0.4 is 15.2 Å².